The van der Waals surface area contributed by atoms with Gasteiger partial charge < -0.3 is 4.74 Å². The molecular formula is C21H16F3NO2. The summed E-state index contributed by atoms with van der Waals surface area (Å²) < 4.78 is 43.5. The zero-order valence-corrected chi connectivity index (χ0v) is 14.2. The molecule has 0 aliphatic carbocycles. The number of hydrogen-bond donors (Lipinski definition) is 0. The lowest BCUT2D eigenvalue weighted by atomic mass is 10.1. The van der Waals surface area contributed by atoms with Crippen molar-refractivity contribution in [3.05, 3.63) is 101 Å². The summed E-state index contributed by atoms with van der Waals surface area (Å²) in [5.74, 6) is -0.547. The fraction of sp³-hybridized carbons (Fsp3) is 0.143. The molecule has 0 N–H and O–H groups in total. The molecule has 2 aromatic carbocycles. The van der Waals surface area contributed by atoms with Crippen LogP contribution in [-0.2, 0) is 22.1 Å². The first kappa shape index (κ1) is 18.6. The molecule has 3 nitrogen and oxygen atoms in total. The third-order valence-electron chi connectivity index (χ3n) is 3.94. The second-order valence-corrected chi connectivity index (χ2v) is 5.91. The summed E-state index contributed by atoms with van der Waals surface area (Å²) in [6.45, 7) is 0. The van der Waals surface area contributed by atoms with Crippen LogP contribution in [0, 0.1) is 0 Å². The van der Waals surface area contributed by atoms with Gasteiger partial charge in [-0.25, -0.2) is 0 Å². The first-order chi connectivity index (χ1) is 12.9. The zero-order chi connectivity index (χ0) is 19.3. The van der Waals surface area contributed by atoms with Gasteiger partial charge in [-0.15, -0.1) is 0 Å². The van der Waals surface area contributed by atoms with Gasteiger partial charge in [0.15, 0.2) is 6.10 Å². The maximum atomic E-state index is 12.6. The summed E-state index contributed by atoms with van der Waals surface area (Å²) in [5, 5.41) is 0. The van der Waals surface area contributed by atoms with Crippen LogP contribution in [0.5, 0.6) is 0 Å². The van der Waals surface area contributed by atoms with Gasteiger partial charge >= 0.3 is 12.1 Å². The molecule has 3 rings (SSSR count). The highest BCUT2D eigenvalue weighted by Gasteiger charge is 2.30. The topological polar surface area (TPSA) is 39.2 Å². The molecule has 27 heavy (non-hydrogen) atoms. The maximum Gasteiger partial charge on any atom is 0.416 e. The number of carbonyl (C=O) groups is 1. The van der Waals surface area contributed by atoms with Gasteiger partial charge in [-0.2, -0.15) is 13.2 Å². The molecule has 1 aromatic heterocycles. The van der Waals surface area contributed by atoms with Crippen molar-refractivity contribution in [3.63, 3.8) is 0 Å². The largest absolute Gasteiger partial charge is 0.451 e. The van der Waals surface area contributed by atoms with E-state index < -0.39 is 23.8 Å². The summed E-state index contributed by atoms with van der Waals surface area (Å²) in [7, 11) is 0. The number of benzene rings is 2. The third-order valence-corrected chi connectivity index (χ3v) is 3.94. The molecule has 138 valence electrons. The van der Waals surface area contributed by atoms with E-state index >= 15 is 0 Å². The van der Waals surface area contributed by atoms with E-state index in [0.29, 0.717) is 11.3 Å². The molecule has 0 bridgehead atoms. The summed E-state index contributed by atoms with van der Waals surface area (Å²) in [5.41, 5.74) is 1.03. The van der Waals surface area contributed by atoms with Crippen molar-refractivity contribution in [2.45, 2.75) is 18.7 Å². The Kier molecular flexibility index (Phi) is 5.54. The maximum absolute atomic E-state index is 12.6. The molecule has 0 amide bonds. The van der Waals surface area contributed by atoms with Crippen molar-refractivity contribution in [2.75, 3.05) is 0 Å². The summed E-state index contributed by atoms with van der Waals surface area (Å²) in [6, 6.07) is 18.9. The molecule has 3 aromatic rings. The molecule has 1 unspecified atom stereocenters. The fourth-order valence-electron chi connectivity index (χ4n) is 2.61. The third kappa shape index (κ3) is 4.94. The lowest BCUT2D eigenvalue weighted by molar-refractivity contribution is -0.146. The van der Waals surface area contributed by atoms with Crippen LogP contribution in [0.2, 0.25) is 0 Å². The predicted molar refractivity (Wildman–Crippen MR) is 93.8 cm³/mol. The van der Waals surface area contributed by atoms with E-state index in [-0.39, 0.29) is 6.42 Å². The quantitative estimate of drug-likeness (QED) is 0.594. The smallest absolute Gasteiger partial charge is 0.416 e. The number of nitrogens with zero attached hydrogens (tertiary/aromatic N) is 1. The number of alkyl halides is 3. The Balaban J connectivity index is 1.75. The molecule has 1 atom stereocenters. The van der Waals surface area contributed by atoms with Gasteiger partial charge in [0.2, 0.25) is 0 Å². The SMILES string of the molecule is O=C(Cc1ccc(C(F)(F)F)cc1)OC(c1ccccc1)c1ccccn1. The van der Waals surface area contributed by atoms with Gasteiger partial charge in [-0.3, -0.25) is 9.78 Å². The highest BCUT2D eigenvalue weighted by molar-refractivity contribution is 5.73. The zero-order valence-electron chi connectivity index (χ0n) is 14.2. The van der Waals surface area contributed by atoms with E-state index in [2.05, 4.69) is 4.98 Å². The number of esters is 1. The van der Waals surface area contributed by atoms with Gasteiger partial charge in [-0.05, 0) is 35.4 Å². The molecule has 1 heterocycles. The summed E-state index contributed by atoms with van der Waals surface area (Å²) in [6.07, 6.45) is -3.62. The molecule has 0 saturated heterocycles. The Morgan fingerprint density at radius 3 is 2.19 bits per heavy atom. The molecule has 0 aliphatic heterocycles. The van der Waals surface area contributed by atoms with E-state index in [1.807, 2.05) is 30.3 Å². The molecular weight excluding hydrogens is 355 g/mol. The summed E-state index contributed by atoms with van der Waals surface area (Å²) in [4.78, 5) is 16.6. The lowest BCUT2D eigenvalue weighted by Crippen LogP contribution is -2.15. The summed E-state index contributed by atoms with van der Waals surface area (Å²) >= 11 is 0. The van der Waals surface area contributed by atoms with Gasteiger partial charge in [0.05, 0.1) is 17.7 Å². The Hall–Kier alpha value is -3.15. The minimum Gasteiger partial charge on any atom is -0.451 e. The van der Waals surface area contributed by atoms with Gasteiger partial charge in [0, 0.05) is 6.20 Å². The van der Waals surface area contributed by atoms with Crippen molar-refractivity contribution in [3.8, 4) is 0 Å². The van der Waals surface area contributed by atoms with Crippen LogP contribution in [0.25, 0.3) is 0 Å². The Morgan fingerprint density at radius 1 is 0.926 bits per heavy atom. The van der Waals surface area contributed by atoms with Crippen molar-refractivity contribution >= 4 is 5.97 Å². The van der Waals surface area contributed by atoms with Crippen LogP contribution in [0.3, 0.4) is 0 Å². The van der Waals surface area contributed by atoms with Crippen LogP contribution in [-0.4, -0.2) is 11.0 Å². The molecule has 0 aliphatic rings. The minimum absolute atomic E-state index is 0.131. The minimum atomic E-state index is -4.41. The highest BCUT2D eigenvalue weighted by Crippen LogP contribution is 2.29. The predicted octanol–water partition coefficient (Wildman–Crippen LogP) is 4.98. The first-order valence-electron chi connectivity index (χ1n) is 8.25. The van der Waals surface area contributed by atoms with Crippen molar-refractivity contribution in [2.24, 2.45) is 0 Å². The number of halogens is 3. The van der Waals surface area contributed by atoms with Crippen molar-refractivity contribution in [1.29, 1.82) is 0 Å². The Morgan fingerprint density at radius 2 is 1.59 bits per heavy atom. The van der Waals surface area contributed by atoms with Gasteiger partial charge in [-0.1, -0.05) is 48.5 Å². The molecule has 0 radical (unpaired) electrons. The standard InChI is InChI=1S/C21H16F3NO2/c22-21(23,24)17-11-9-15(10-12-17)14-19(26)27-20(16-6-2-1-3-7-16)18-8-4-5-13-25-18/h1-13,20H,14H2. The fourth-order valence-corrected chi connectivity index (χ4v) is 2.61. The van der Waals surface area contributed by atoms with E-state index in [1.54, 1.807) is 24.4 Å². The van der Waals surface area contributed by atoms with Crippen molar-refractivity contribution in [1.82, 2.24) is 4.98 Å². The number of pyridine rings is 1. The van der Waals surface area contributed by atoms with Crippen LogP contribution in [0.4, 0.5) is 13.2 Å². The second-order valence-electron chi connectivity index (χ2n) is 5.91. The molecule has 0 spiro atoms. The van der Waals surface area contributed by atoms with E-state index in [4.69, 9.17) is 4.74 Å². The Bertz CT molecular complexity index is 839. The van der Waals surface area contributed by atoms with Gasteiger partial charge in [0.1, 0.15) is 0 Å². The average molecular weight is 371 g/mol. The molecule has 0 fully saturated rings. The van der Waals surface area contributed by atoms with Crippen LogP contribution in [0.1, 0.15) is 28.5 Å². The van der Waals surface area contributed by atoms with E-state index in [0.717, 1.165) is 17.7 Å². The van der Waals surface area contributed by atoms with Crippen molar-refractivity contribution < 1.29 is 22.7 Å². The number of rotatable bonds is 5. The van der Waals surface area contributed by atoms with E-state index in [1.165, 1.54) is 12.1 Å². The van der Waals surface area contributed by atoms with Crippen LogP contribution >= 0.6 is 0 Å². The van der Waals surface area contributed by atoms with Gasteiger partial charge in [0.25, 0.3) is 0 Å². The number of ether oxygens (including phenoxy) is 1. The van der Waals surface area contributed by atoms with Crippen LogP contribution in [0.15, 0.2) is 79.0 Å². The average Bonchev–Trinajstić information content (AvgIpc) is 2.67. The molecule has 0 saturated carbocycles. The second kappa shape index (κ2) is 8.03. The highest BCUT2D eigenvalue weighted by atomic mass is 19.4. The number of carbonyl (C=O) groups excluding carboxylic acids is 1. The van der Waals surface area contributed by atoms with Crippen LogP contribution < -0.4 is 0 Å². The Labute approximate surface area is 154 Å². The number of hydrogen-bond acceptors (Lipinski definition) is 3. The normalized spacial score (nSPS) is 12.4. The lowest BCUT2D eigenvalue weighted by Gasteiger charge is -2.18. The van der Waals surface area contributed by atoms with E-state index in [9.17, 15) is 18.0 Å². The number of aromatic nitrogens is 1. The molecule has 6 heteroatoms. The first-order valence-corrected chi connectivity index (χ1v) is 8.25. The monoisotopic (exact) mass is 371 g/mol.